The van der Waals surface area contributed by atoms with Crippen LogP contribution >= 0.6 is 0 Å². The SMILES string of the molecule is CCCCCN(CCC(N)(CO)c1ccccc1)C(C)C. The van der Waals surface area contributed by atoms with Crippen molar-refractivity contribution in [1.29, 1.82) is 0 Å². The van der Waals surface area contributed by atoms with E-state index in [1.165, 1.54) is 19.3 Å². The van der Waals surface area contributed by atoms with Gasteiger partial charge in [-0.3, -0.25) is 0 Å². The van der Waals surface area contributed by atoms with Gasteiger partial charge in [0.05, 0.1) is 12.1 Å². The summed E-state index contributed by atoms with van der Waals surface area (Å²) >= 11 is 0. The van der Waals surface area contributed by atoms with Crippen LogP contribution in [0.2, 0.25) is 0 Å². The van der Waals surface area contributed by atoms with Crippen LogP contribution in [0.15, 0.2) is 30.3 Å². The molecule has 0 heterocycles. The number of aliphatic hydroxyl groups excluding tert-OH is 1. The van der Waals surface area contributed by atoms with Gasteiger partial charge in [-0.15, -0.1) is 0 Å². The zero-order chi connectivity index (χ0) is 15.7. The summed E-state index contributed by atoms with van der Waals surface area (Å²) in [5.74, 6) is 0. The lowest BCUT2D eigenvalue weighted by Gasteiger charge is -2.33. The Bertz CT molecular complexity index is 380. The Morgan fingerprint density at radius 1 is 1.14 bits per heavy atom. The minimum Gasteiger partial charge on any atom is -0.394 e. The molecule has 0 bridgehead atoms. The highest BCUT2D eigenvalue weighted by Crippen LogP contribution is 2.22. The van der Waals surface area contributed by atoms with E-state index in [2.05, 4.69) is 25.7 Å². The number of rotatable bonds is 10. The van der Waals surface area contributed by atoms with Crippen LogP contribution < -0.4 is 5.73 Å². The summed E-state index contributed by atoms with van der Waals surface area (Å²) < 4.78 is 0. The molecule has 1 aromatic rings. The van der Waals surface area contributed by atoms with E-state index < -0.39 is 5.54 Å². The van der Waals surface area contributed by atoms with Crippen LogP contribution in [0.25, 0.3) is 0 Å². The fourth-order valence-electron chi connectivity index (χ4n) is 2.62. The van der Waals surface area contributed by atoms with Crippen LogP contribution in [0.5, 0.6) is 0 Å². The Morgan fingerprint density at radius 3 is 2.33 bits per heavy atom. The molecule has 3 nitrogen and oxygen atoms in total. The summed E-state index contributed by atoms with van der Waals surface area (Å²) in [6.45, 7) is 8.70. The van der Waals surface area contributed by atoms with Gasteiger partial charge in [0.2, 0.25) is 0 Å². The molecule has 0 aliphatic rings. The molecule has 1 rings (SSSR count). The normalized spacial score (nSPS) is 14.6. The molecule has 1 unspecified atom stereocenters. The number of hydrogen-bond acceptors (Lipinski definition) is 3. The van der Waals surface area contributed by atoms with Gasteiger partial charge in [-0.1, -0.05) is 50.1 Å². The zero-order valence-electron chi connectivity index (χ0n) is 13.9. The van der Waals surface area contributed by atoms with E-state index in [-0.39, 0.29) is 6.61 Å². The predicted octanol–water partition coefficient (Wildman–Crippen LogP) is 3.12. The Balaban J connectivity index is 2.63. The fraction of sp³-hybridized carbons (Fsp3) is 0.667. The fourth-order valence-corrected chi connectivity index (χ4v) is 2.62. The molecule has 0 aliphatic heterocycles. The molecule has 0 spiro atoms. The lowest BCUT2D eigenvalue weighted by Crippen LogP contribution is -2.45. The average molecular weight is 292 g/mol. The molecule has 1 aromatic carbocycles. The molecule has 0 saturated heterocycles. The van der Waals surface area contributed by atoms with Crippen LogP contribution in [-0.2, 0) is 5.54 Å². The van der Waals surface area contributed by atoms with Gasteiger partial charge in [0.25, 0.3) is 0 Å². The molecule has 21 heavy (non-hydrogen) atoms. The highest BCUT2D eigenvalue weighted by atomic mass is 16.3. The van der Waals surface area contributed by atoms with E-state index >= 15 is 0 Å². The quantitative estimate of drug-likeness (QED) is 0.651. The maximum Gasteiger partial charge on any atom is 0.0656 e. The first-order chi connectivity index (χ1) is 10.0. The summed E-state index contributed by atoms with van der Waals surface area (Å²) in [7, 11) is 0. The van der Waals surface area contributed by atoms with Gasteiger partial charge in [0.1, 0.15) is 0 Å². The summed E-state index contributed by atoms with van der Waals surface area (Å²) in [6.07, 6.45) is 4.53. The van der Waals surface area contributed by atoms with Gasteiger partial charge in [-0.05, 0) is 38.8 Å². The second kappa shape index (κ2) is 9.19. The number of aliphatic hydroxyl groups is 1. The van der Waals surface area contributed by atoms with E-state index in [9.17, 15) is 5.11 Å². The number of hydrogen-bond donors (Lipinski definition) is 2. The van der Waals surface area contributed by atoms with Gasteiger partial charge < -0.3 is 15.7 Å². The molecular formula is C18H32N2O. The molecule has 120 valence electrons. The molecule has 0 amide bonds. The van der Waals surface area contributed by atoms with Gasteiger partial charge in [0.15, 0.2) is 0 Å². The highest BCUT2D eigenvalue weighted by molar-refractivity contribution is 5.24. The topological polar surface area (TPSA) is 49.5 Å². The first-order valence-electron chi connectivity index (χ1n) is 8.23. The number of nitrogens with two attached hydrogens (primary N) is 1. The van der Waals surface area contributed by atoms with Crippen LogP contribution in [-0.4, -0.2) is 35.7 Å². The van der Waals surface area contributed by atoms with Crippen molar-refractivity contribution in [1.82, 2.24) is 4.90 Å². The van der Waals surface area contributed by atoms with Crippen molar-refractivity contribution in [3.8, 4) is 0 Å². The molecule has 0 aliphatic carbocycles. The number of unbranched alkanes of at least 4 members (excludes halogenated alkanes) is 2. The maximum absolute atomic E-state index is 9.76. The number of benzene rings is 1. The molecular weight excluding hydrogens is 260 g/mol. The molecule has 0 saturated carbocycles. The standard InChI is InChI=1S/C18H32N2O/c1-4-5-9-13-20(16(2)3)14-12-18(19,15-21)17-10-7-6-8-11-17/h6-8,10-11,16,21H,4-5,9,12-15,19H2,1-3H3. The minimum absolute atomic E-state index is 0.0160. The van der Waals surface area contributed by atoms with Crippen molar-refractivity contribution >= 4 is 0 Å². The molecule has 3 N–H and O–H groups in total. The van der Waals surface area contributed by atoms with Crippen LogP contribution in [0.3, 0.4) is 0 Å². The third-order valence-corrected chi connectivity index (χ3v) is 4.26. The van der Waals surface area contributed by atoms with Crippen LogP contribution in [0.4, 0.5) is 0 Å². The molecule has 0 radical (unpaired) electrons. The third-order valence-electron chi connectivity index (χ3n) is 4.26. The second-order valence-electron chi connectivity index (χ2n) is 6.27. The van der Waals surface area contributed by atoms with Crippen molar-refractivity contribution in [3.05, 3.63) is 35.9 Å². The lowest BCUT2D eigenvalue weighted by molar-refractivity contribution is 0.148. The summed E-state index contributed by atoms with van der Waals surface area (Å²) in [4.78, 5) is 2.47. The highest BCUT2D eigenvalue weighted by Gasteiger charge is 2.27. The summed E-state index contributed by atoms with van der Waals surface area (Å²) in [5.41, 5.74) is 6.82. The largest absolute Gasteiger partial charge is 0.394 e. The van der Waals surface area contributed by atoms with Crippen LogP contribution in [0.1, 0.15) is 52.0 Å². The maximum atomic E-state index is 9.76. The Kier molecular flexibility index (Phi) is 7.94. The van der Waals surface area contributed by atoms with Crippen molar-refractivity contribution in [3.63, 3.8) is 0 Å². The monoisotopic (exact) mass is 292 g/mol. The summed E-state index contributed by atoms with van der Waals surface area (Å²) in [5, 5.41) is 9.76. The smallest absolute Gasteiger partial charge is 0.0656 e. The van der Waals surface area contributed by atoms with Crippen molar-refractivity contribution in [2.45, 2.75) is 58.0 Å². The first kappa shape index (κ1) is 18.1. The molecule has 0 fully saturated rings. The summed E-state index contributed by atoms with van der Waals surface area (Å²) in [6, 6.07) is 10.5. The van der Waals surface area contributed by atoms with Crippen molar-refractivity contribution in [2.24, 2.45) is 5.73 Å². The van der Waals surface area contributed by atoms with E-state index in [1.54, 1.807) is 0 Å². The Morgan fingerprint density at radius 2 is 1.81 bits per heavy atom. The van der Waals surface area contributed by atoms with Gasteiger partial charge >= 0.3 is 0 Å². The first-order valence-corrected chi connectivity index (χ1v) is 8.23. The van der Waals surface area contributed by atoms with E-state index in [0.29, 0.717) is 6.04 Å². The van der Waals surface area contributed by atoms with E-state index in [1.807, 2.05) is 30.3 Å². The minimum atomic E-state index is -0.640. The van der Waals surface area contributed by atoms with Gasteiger partial charge in [-0.2, -0.15) is 0 Å². The van der Waals surface area contributed by atoms with Crippen molar-refractivity contribution in [2.75, 3.05) is 19.7 Å². The molecule has 0 aromatic heterocycles. The third kappa shape index (κ3) is 5.77. The molecule has 1 atom stereocenters. The lowest BCUT2D eigenvalue weighted by atomic mass is 9.88. The van der Waals surface area contributed by atoms with E-state index in [4.69, 9.17) is 5.73 Å². The molecule has 3 heteroatoms. The van der Waals surface area contributed by atoms with Gasteiger partial charge in [-0.25, -0.2) is 0 Å². The van der Waals surface area contributed by atoms with Crippen LogP contribution in [0, 0.1) is 0 Å². The van der Waals surface area contributed by atoms with Crippen molar-refractivity contribution < 1.29 is 5.11 Å². The Labute approximate surface area is 130 Å². The van der Waals surface area contributed by atoms with Gasteiger partial charge in [0, 0.05) is 12.6 Å². The number of nitrogens with zero attached hydrogens (tertiary/aromatic N) is 1. The average Bonchev–Trinajstić information content (AvgIpc) is 2.51. The second-order valence-corrected chi connectivity index (χ2v) is 6.27. The Hall–Kier alpha value is -0.900. The predicted molar refractivity (Wildman–Crippen MR) is 90.2 cm³/mol. The zero-order valence-corrected chi connectivity index (χ0v) is 13.9. The van der Waals surface area contributed by atoms with E-state index in [0.717, 1.165) is 25.1 Å².